The lowest BCUT2D eigenvalue weighted by atomic mass is 9.90. The molecule has 1 atom stereocenters. The van der Waals surface area contributed by atoms with Crippen molar-refractivity contribution in [3.63, 3.8) is 0 Å². The number of hydrogen-bond acceptors (Lipinski definition) is 4. The van der Waals surface area contributed by atoms with Crippen LogP contribution in [0.25, 0.3) is 10.9 Å². The molecule has 4 aromatic rings. The number of fused-ring (bicyclic) bond motifs is 1. The molecule has 0 fully saturated rings. The first-order chi connectivity index (χ1) is 19.4. The van der Waals surface area contributed by atoms with E-state index in [-0.39, 0.29) is 17.1 Å². The quantitative estimate of drug-likeness (QED) is 0.163. The number of benzene rings is 3. The van der Waals surface area contributed by atoms with Crippen LogP contribution in [0.5, 0.6) is 0 Å². The molecule has 1 heterocycles. The van der Waals surface area contributed by atoms with Gasteiger partial charge in [-0.25, -0.2) is 0 Å². The summed E-state index contributed by atoms with van der Waals surface area (Å²) >= 11 is 8.01. The van der Waals surface area contributed by atoms with Gasteiger partial charge in [0.25, 0.3) is 0 Å². The van der Waals surface area contributed by atoms with Crippen molar-refractivity contribution >= 4 is 40.2 Å². The number of carboxylic acid groups (broad SMARTS) is 1. The molecule has 1 aromatic heterocycles. The summed E-state index contributed by atoms with van der Waals surface area (Å²) in [5, 5.41) is 22.1. The van der Waals surface area contributed by atoms with Crippen molar-refractivity contribution in [2.75, 3.05) is 5.75 Å². The highest BCUT2D eigenvalue weighted by Gasteiger charge is 2.25. The van der Waals surface area contributed by atoms with Crippen LogP contribution in [0.1, 0.15) is 73.7 Å². The van der Waals surface area contributed by atoms with Gasteiger partial charge in [-0.2, -0.15) is 11.8 Å². The van der Waals surface area contributed by atoms with Gasteiger partial charge in [-0.3, -0.25) is 9.78 Å². The van der Waals surface area contributed by atoms with Crippen LogP contribution in [-0.2, 0) is 29.7 Å². The maximum absolute atomic E-state index is 11.4. The summed E-state index contributed by atoms with van der Waals surface area (Å²) in [6, 6.07) is 26.8. The van der Waals surface area contributed by atoms with E-state index in [1.54, 1.807) is 0 Å². The molecule has 0 bridgehead atoms. The number of carboxylic acids is 1. The molecule has 4 rings (SSSR count). The van der Waals surface area contributed by atoms with E-state index < -0.39 is 11.6 Å². The normalized spacial score (nSPS) is 12.9. The first kappa shape index (κ1) is 31.1. The third-order valence-corrected chi connectivity index (χ3v) is 9.46. The van der Waals surface area contributed by atoms with Gasteiger partial charge >= 0.3 is 5.97 Å². The van der Waals surface area contributed by atoms with Crippen molar-refractivity contribution in [1.29, 1.82) is 0 Å². The standard InChI is InChI=1S/C35H40ClNO3S/c1-34(2,22-33(38)39)23-41-32(19-15-25-9-5-6-11-30(25)35(3,4)40)27-10-7-8-24(20-27)12-17-29-18-14-26-13-16-28(36)21-31(26)37-29/h5-11,13-14,16,18,20-21,32,40H,12,15,17,19,22-23H2,1-4H3,(H,38,39)/t32-/m1/s1. The fraction of sp³-hybridized carbons (Fsp3) is 0.371. The maximum Gasteiger partial charge on any atom is 0.303 e. The SMILES string of the molecule is CC(C)(CS[C@H](CCc1ccccc1C(C)(C)O)c1cccc(CCc2ccc3ccc(Cl)cc3n2)c1)CC(=O)O. The van der Waals surface area contributed by atoms with E-state index in [2.05, 4.69) is 42.5 Å². The zero-order valence-corrected chi connectivity index (χ0v) is 25.9. The lowest BCUT2D eigenvalue weighted by molar-refractivity contribution is -0.138. The van der Waals surface area contributed by atoms with Crippen molar-refractivity contribution in [2.45, 2.75) is 70.7 Å². The van der Waals surface area contributed by atoms with Gasteiger partial charge in [0.05, 0.1) is 17.5 Å². The summed E-state index contributed by atoms with van der Waals surface area (Å²) in [7, 11) is 0. The van der Waals surface area contributed by atoms with Crippen molar-refractivity contribution in [2.24, 2.45) is 5.41 Å². The van der Waals surface area contributed by atoms with E-state index in [0.29, 0.717) is 5.02 Å². The Bertz CT molecular complexity index is 1490. The summed E-state index contributed by atoms with van der Waals surface area (Å²) in [6.45, 7) is 7.70. The van der Waals surface area contributed by atoms with Crippen molar-refractivity contribution in [3.8, 4) is 0 Å². The number of aryl methyl sites for hydroxylation is 3. The van der Waals surface area contributed by atoms with Crippen LogP contribution in [-0.4, -0.2) is 26.9 Å². The number of hydrogen-bond donors (Lipinski definition) is 2. The Labute approximate surface area is 253 Å². The fourth-order valence-corrected chi connectivity index (χ4v) is 6.79. The molecule has 0 saturated heterocycles. The van der Waals surface area contributed by atoms with Gasteiger partial charge < -0.3 is 10.2 Å². The van der Waals surface area contributed by atoms with E-state index >= 15 is 0 Å². The molecule has 4 nitrogen and oxygen atoms in total. The van der Waals surface area contributed by atoms with Gasteiger partial charge in [0.1, 0.15) is 0 Å². The Morgan fingerprint density at radius 1 is 0.927 bits per heavy atom. The number of halogens is 1. The third-order valence-electron chi connectivity index (χ3n) is 7.36. The van der Waals surface area contributed by atoms with Gasteiger partial charge in [-0.05, 0) is 91.2 Å². The van der Waals surface area contributed by atoms with Gasteiger partial charge in [0.15, 0.2) is 0 Å². The lowest BCUT2D eigenvalue weighted by Crippen LogP contribution is -2.20. The molecule has 2 N–H and O–H groups in total. The highest BCUT2D eigenvalue weighted by molar-refractivity contribution is 7.99. The molecule has 0 amide bonds. The largest absolute Gasteiger partial charge is 0.481 e. The monoisotopic (exact) mass is 589 g/mol. The van der Waals surface area contributed by atoms with Crippen LogP contribution in [0, 0.1) is 5.41 Å². The van der Waals surface area contributed by atoms with E-state index in [1.165, 1.54) is 11.1 Å². The zero-order valence-electron chi connectivity index (χ0n) is 24.4. The second kappa shape index (κ2) is 13.4. The van der Waals surface area contributed by atoms with Crippen molar-refractivity contribution in [1.82, 2.24) is 4.98 Å². The Morgan fingerprint density at radius 2 is 1.68 bits per heavy atom. The number of aliphatic hydroxyl groups is 1. The lowest BCUT2D eigenvalue weighted by Gasteiger charge is -2.27. The summed E-state index contributed by atoms with van der Waals surface area (Å²) in [4.78, 5) is 16.3. The average Bonchev–Trinajstić information content (AvgIpc) is 2.90. The van der Waals surface area contributed by atoms with Crippen LogP contribution >= 0.6 is 23.4 Å². The van der Waals surface area contributed by atoms with Gasteiger partial charge in [0.2, 0.25) is 0 Å². The predicted molar refractivity (Wildman–Crippen MR) is 172 cm³/mol. The number of thioether (sulfide) groups is 1. The predicted octanol–water partition coefficient (Wildman–Crippen LogP) is 8.81. The highest BCUT2D eigenvalue weighted by Crippen LogP contribution is 2.39. The van der Waals surface area contributed by atoms with E-state index in [1.807, 2.05) is 75.9 Å². The molecular weight excluding hydrogens is 550 g/mol. The molecule has 216 valence electrons. The average molecular weight is 590 g/mol. The van der Waals surface area contributed by atoms with E-state index in [0.717, 1.165) is 59.2 Å². The van der Waals surface area contributed by atoms with Crippen LogP contribution in [0.4, 0.5) is 0 Å². The van der Waals surface area contributed by atoms with Crippen LogP contribution in [0.3, 0.4) is 0 Å². The van der Waals surface area contributed by atoms with Gasteiger partial charge in [0, 0.05) is 21.4 Å². The minimum absolute atomic E-state index is 0.137. The zero-order chi connectivity index (χ0) is 29.6. The number of aromatic nitrogens is 1. The molecule has 0 unspecified atom stereocenters. The van der Waals surface area contributed by atoms with E-state index in [9.17, 15) is 15.0 Å². The van der Waals surface area contributed by atoms with Gasteiger partial charge in [-0.15, -0.1) is 0 Å². The second-order valence-corrected chi connectivity index (χ2v) is 13.8. The first-order valence-corrected chi connectivity index (χ1v) is 15.6. The summed E-state index contributed by atoms with van der Waals surface area (Å²) in [5.41, 5.74) is 5.32. The van der Waals surface area contributed by atoms with Crippen LogP contribution in [0.15, 0.2) is 78.9 Å². The Morgan fingerprint density at radius 3 is 2.44 bits per heavy atom. The minimum atomic E-state index is -0.912. The molecular formula is C35H40ClNO3S. The topological polar surface area (TPSA) is 70.4 Å². The summed E-state index contributed by atoms with van der Waals surface area (Å²) in [5.74, 6) is -0.0249. The number of pyridine rings is 1. The molecule has 0 aliphatic rings. The number of carbonyl (C=O) groups is 1. The number of aliphatic carboxylic acids is 1. The first-order valence-electron chi connectivity index (χ1n) is 14.2. The van der Waals surface area contributed by atoms with Crippen LogP contribution in [0.2, 0.25) is 5.02 Å². The smallest absolute Gasteiger partial charge is 0.303 e. The molecule has 0 spiro atoms. The number of nitrogens with zero attached hydrogens (tertiary/aromatic N) is 1. The van der Waals surface area contributed by atoms with Gasteiger partial charge in [-0.1, -0.05) is 86.1 Å². The molecule has 0 saturated carbocycles. The maximum atomic E-state index is 11.4. The van der Waals surface area contributed by atoms with Crippen molar-refractivity contribution < 1.29 is 15.0 Å². The minimum Gasteiger partial charge on any atom is -0.481 e. The Balaban J connectivity index is 1.53. The molecule has 6 heteroatoms. The molecule has 0 aliphatic carbocycles. The fourth-order valence-electron chi connectivity index (χ4n) is 5.25. The molecule has 0 aliphatic heterocycles. The molecule has 41 heavy (non-hydrogen) atoms. The van der Waals surface area contributed by atoms with Crippen molar-refractivity contribution in [3.05, 3.63) is 112 Å². The molecule has 3 aromatic carbocycles. The Hall–Kier alpha value is -2.86. The second-order valence-electron chi connectivity index (χ2n) is 12.2. The summed E-state index contributed by atoms with van der Waals surface area (Å²) < 4.78 is 0. The van der Waals surface area contributed by atoms with Crippen LogP contribution < -0.4 is 0 Å². The third kappa shape index (κ3) is 9.06. The molecule has 0 radical (unpaired) electrons. The van der Waals surface area contributed by atoms with E-state index in [4.69, 9.17) is 16.6 Å². The summed E-state index contributed by atoms with van der Waals surface area (Å²) in [6.07, 6.45) is 3.55. The Kier molecular flexibility index (Phi) is 10.2. The number of rotatable bonds is 13. The highest BCUT2D eigenvalue weighted by atomic mass is 35.5.